The van der Waals surface area contributed by atoms with Crippen molar-refractivity contribution in [3.8, 4) is 23.0 Å². The monoisotopic (exact) mass is 545 g/mol. The molecule has 38 heavy (non-hydrogen) atoms. The highest BCUT2D eigenvalue weighted by molar-refractivity contribution is 7.92. The van der Waals surface area contributed by atoms with Crippen LogP contribution in [0.25, 0.3) is 0 Å². The molecule has 0 unspecified atom stereocenters. The molecule has 12 nitrogen and oxygen atoms in total. The first-order valence-electron chi connectivity index (χ1n) is 11.1. The maximum absolute atomic E-state index is 13.9. The van der Waals surface area contributed by atoms with Crippen molar-refractivity contribution in [1.82, 2.24) is 0 Å². The number of methoxy groups -OCH3 is 4. The third kappa shape index (κ3) is 5.72. The van der Waals surface area contributed by atoms with Gasteiger partial charge in [0.25, 0.3) is 15.7 Å². The lowest BCUT2D eigenvalue weighted by Crippen LogP contribution is -2.38. The Bertz CT molecular complexity index is 1460. The van der Waals surface area contributed by atoms with Gasteiger partial charge >= 0.3 is 0 Å². The first-order valence-corrected chi connectivity index (χ1v) is 12.5. The number of nitro benzene ring substituents is 1. The highest BCUT2D eigenvalue weighted by Crippen LogP contribution is 2.37. The highest BCUT2D eigenvalue weighted by Gasteiger charge is 2.31. The predicted molar refractivity (Wildman–Crippen MR) is 140 cm³/mol. The minimum Gasteiger partial charge on any atom is -0.497 e. The normalized spacial score (nSPS) is 10.9. The largest absolute Gasteiger partial charge is 0.497 e. The molecular formula is C25H27N3O9S. The SMILES string of the molecule is COc1ccc(OC)c(N(CC(=O)Nc2cccc([N+](=O)[O-])c2C)S(=O)(=O)c2ccc(OC)c(OC)c2)c1. The van der Waals surface area contributed by atoms with Gasteiger partial charge in [-0.05, 0) is 37.3 Å². The Labute approximate surface area is 219 Å². The summed E-state index contributed by atoms with van der Waals surface area (Å²) in [6.07, 6.45) is 0. The number of carbonyl (C=O) groups excluding carboxylic acids is 1. The van der Waals surface area contributed by atoms with E-state index in [1.807, 2.05) is 0 Å². The molecule has 202 valence electrons. The van der Waals surface area contributed by atoms with Crippen LogP contribution in [0.4, 0.5) is 17.1 Å². The predicted octanol–water partition coefficient (Wildman–Crippen LogP) is 3.77. The second-order valence-corrected chi connectivity index (χ2v) is 9.68. The Morgan fingerprint density at radius 1 is 0.921 bits per heavy atom. The van der Waals surface area contributed by atoms with Crippen LogP contribution in [0.15, 0.2) is 59.5 Å². The van der Waals surface area contributed by atoms with Crippen molar-refractivity contribution >= 4 is 33.0 Å². The number of hydrogen-bond donors (Lipinski definition) is 1. The van der Waals surface area contributed by atoms with Crippen molar-refractivity contribution in [1.29, 1.82) is 0 Å². The smallest absolute Gasteiger partial charge is 0.274 e. The van der Waals surface area contributed by atoms with Gasteiger partial charge in [0.15, 0.2) is 11.5 Å². The number of nitrogens with one attached hydrogen (secondary N) is 1. The lowest BCUT2D eigenvalue weighted by atomic mass is 10.1. The summed E-state index contributed by atoms with van der Waals surface area (Å²) >= 11 is 0. The fraction of sp³-hybridized carbons (Fsp3) is 0.240. The van der Waals surface area contributed by atoms with E-state index >= 15 is 0 Å². The molecule has 0 aliphatic heterocycles. The summed E-state index contributed by atoms with van der Waals surface area (Å²) in [5.74, 6) is 0.221. The molecule has 0 bridgehead atoms. The van der Waals surface area contributed by atoms with E-state index in [1.165, 1.54) is 83.9 Å². The molecule has 0 aliphatic carbocycles. The van der Waals surface area contributed by atoms with Crippen molar-refractivity contribution in [2.45, 2.75) is 11.8 Å². The van der Waals surface area contributed by atoms with Crippen LogP contribution >= 0.6 is 0 Å². The van der Waals surface area contributed by atoms with Gasteiger partial charge in [0.2, 0.25) is 5.91 Å². The second-order valence-electron chi connectivity index (χ2n) is 7.82. The Hall–Kier alpha value is -4.52. The van der Waals surface area contributed by atoms with Gasteiger partial charge in [0.05, 0.1) is 55.2 Å². The van der Waals surface area contributed by atoms with Crippen LogP contribution in [-0.2, 0) is 14.8 Å². The van der Waals surface area contributed by atoms with Gasteiger partial charge in [-0.1, -0.05) is 6.07 Å². The van der Waals surface area contributed by atoms with Crippen LogP contribution in [0.1, 0.15) is 5.56 Å². The number of hydrogen-bond acceptors (Lipinski definition) is 9. The number of amides is 1. The minimum atomic E-state index is -4.40. The average molecular weight is 546 g/mol. The van der Waals surface area contributed by atoms with Gasteiger partial charge in [-0.3, -0.25) is 19.2 Å². The number of carbonyl (C=O) groups is 1. The third-order valence-electron chi connectivity index (χ3n) is 5.66. The van der Waals surface area contributed by atoms with E-state index in [4.69, 9.17) is 18.9 Å². The minimum absolute atomic E-state index is 0.0348. The third-order valence-corrected chi connectivity index (χ3v) is 7.42. The molecule has 3 rings (SSSR count). The fourth-order valence-electron chi connectivity index (χ4n) is 3.67. The van der Waals surface area contributed by atoms with Crippen LogP contribution in [-0.4, -0.2) is 54.2 Å². The molecule has 0 atom stereocenters. The molecule has 3 aromatic carbocycles. The van der Waals surface area contributed by atoms with E-state index in [0.29, 0.717) is 11.5 Å². The van der Waals surface area contributed by atoms with Crippen molar-refractivity contribution in [3.63, 3.8) is 0 Å². The van der Waals surface area contributed by atoms with Gasteiger partial charge in [-0.15, -0.1) is 0 Å². The van der Waals surface area contributed by atoms with Crippen LogP contribution in [0.2, 0.25) is 0 Å². The number of benzene rings is 3. The summed E-state index contributed by atoms with van der Waals surface area (Å²) in [4.78, 5) is 23.7. The van der Waals surface area contributed by atoms with E-state index in [-0.39, 0.29) is 39.0 Å². The summed E-state index contributed by atoms with van der Waals surface area (Å²) < 4.78 is 49.8. The summed E-state index contributed by atoms with van der Waals surface area (Å²) in [5.41, 5.74) is 0.240. The molecule has 1 N–H and O–H groups in total. The van der Waals surface area contributed by atoms with E-state index in [1.54, 1.807) is 6.07 Å². The molecule has 13 heteroatoms. The quantitative estimate of drug-likeness (QED) is 0.281. The number of rotatable bonds is 11. The first-order chi connectivity index (χ1) is 18.1. The number of sulfonamides is 1. The van der Waals surface area contributed by atoms with Crippen molar-refractivity contribution < 1.29 is 37.1 Å². The molecule has 0 radical (unpaired) electrons. The molecule has 0 saturated heterocycles. The van der Waals surface area contributed by atoms with Crippen LogP contribution in [0.5, 0.6) is 23.0 Å². The number of ether oxygens (including phenoxy) is 4. The first kappa shape index (κ1) is 28.1. The van der Waals surface area contributed by atoms with Gasteiger partial charge in [-0.25, -0.2) is 8.42 Å². The van der Waals surface area contributed by atoms with Crippen molar-refractivity contribution in [3.05, 3.63) is 70.3 Å². The Balaban J connectivity index is 2.11. The summed E-state index contributed by atoms with van der Waals surface area (Å²) in [6, 6.07) is 12.7. The maximum atomic E-state index is 13.9. The van der Waals surface area contributed by atoms with Gasteiger partial charge in [0, 0.05) is 18.2 Å². The van der Waals surface area contributed by atoms with Crippen LogP contribution in [0.3, 0.4) is 0 Å². The molecule has 0 spiro atoms. The standard InChI is InChI=1S/C25H27N3O9S/c1-16-19(7-6-8-20(16)28(30)31)26-25(29)15-27(21-13-17(34-2)9-11-22(21)35-3)38(32,33)18-10-12-23(36-4)24(14-18)37-5/h6-14H,15H2,1-5H3,(H,26,29). The van der Waals surface area contributed by atoms with E-state index < -0.39 is 27.4 Å². The molecule has 1 amide bonds. The average Bonchev–Trinajstić information content (AvgIpc) is 2.91. The second kappa shape index (κ2) is 11.7. The van der Waals surface area contributed by atoms with Crippen LogP contribution < -0.4 is 28.6 Å². The highest BCUT2D eigenvalue weighted by atomic mass is 32.2. The Kier molecular flexibility index (Phi) is 8.63. The lowest BCUT2D eigenvalue weighted by molar-refractivity contribution is -0.385. The van der Waals surface area contributed by atoms with Gasteiger partial charge in [0.1, 0.15) is 18.0 Å². The Morgan fingerprint density at radius 2 is 1.58 bits per heavy atom. The molecule has 0 heterocycles. The van der Waals surface area contributed by atoms with Gasteiger partial charge in [-0.2, -0.15) is 0 Å². The van der Waals surface area contributed by atoms with E-state index in [9.17, 15) is 23.3 Å². The van der Waals surface area contributed by atoms with Crippen molar-refractivity contribution in [2.75, 3.05) is 44.6 Å². The van der Waals surface area contributed by atoms with Crippen molar-refractivity contribution in [2.24, 2.45) is 0 Å². The zero-order valence-corrected chi connectivity index (χ0v) is 22.2. The van der Waals surface area contributed by atoms with Crippen LogP contribution in [0, 0.1) is 17.0 Å². The summed E-state index contributed by atoms with van der Waals surface area (Å²) in [7, 11) is 1.16. The molecule has 0 aliphatic rings. The molecule has 3 aromatic rings. The van der Waals surface area contributed by atoms with E-state index in [0.717, 1.165) is 4.31 Å². The molecule has 0 fully saturated rings. The summed E-state index contributed by atoms with van der Waals surface area (Å²) in [6.45, 7) is 0.791. The number of nitrogens with zero attached hydrogens (tertiary/aromatic N) is 2. The fourth-order valence-corrected chi connectivity index (χ4v) is 5.11. The van der Waals surface area contributed by atoms with Gasteiger partial charge < -0.3 is 24.3 Å². The number of nitro groups is 1. The topological polar surface area (TPSA) is 147 Å². The zero-order chi connectivity index (χ0) is 28.0. The molecular weight excluding hydrogens is 518 g/mol. The molecule has 0 aromatic heterocycles. The number of anilines is 2. The van der Waals surface area contributed by atoms with E-state index in [2.05, 4.69) is 5.32 Å². The Morgan fingerprint density at radius 3 is 2.18 bits per heavy atom. The zero-order valence-electron chi connectivity index (χ0n) is 21.4. The lowest BCUT2D eigenvalue weighted by Gasteiger charge is -2.26. The molecule has 0 saturated carbocycles. The maximum Gasteiger partial charge on any atom is 0.274 e. The summed E-state index contributed by atoms with van der Waals surface area (Å²) in [5, 5.41) is 13.9.